The van der Waals surface area contributed by atoms with Gasteiger partial charge in [-0.2, -0.15) is 0 Å². The molecule has 0 bridgehead atoms. The van der Waals surface area contributed by atoms with E-state index in [-0.39, 0.29) is 28.2 Å². The molecule has 0 fully saturated rings. The van der Waals surface area contributed by atoms with Crippen LogP contribution in [0.2, 0.25) is 5.02 Å². The summed E-state index contributed by atoms with van der Waals surface area (Å²) in [5.41, 5.74) is 2.84. The molecular formula is C19H24ClNO3. The molecule has 4 nitrogen and oxygen atoms in total. The van der Waals surface area contributed by atoms with Crippen molar-refractivity contribution in [3.63, 3.8) is 0 Å². The number of halogens is 1. The molecule has 0 amide bonds. The highest BCUT2D eigenvalue weighted by Gasteiger charge is 2.27. The van der Waals surface area contributed by atoms with E-state index in [1.54, 1.807) is 18.2 Å². The van der Waals surface area contributed by atoms with E-state index < -0.39 is 0 Å². The molecule has 1 heterocycles. The van der Waals surface area contributed by atoms with Crippen molar-refractivity contribution < 1.29 is 15.3 Å². The average Bonchev–Trinajstić information content (AvgIpc) is 2.75. The van der Waals surface area contributed by atoms with E-state index in [1.165, 1.54) is 0 Å². The fourth-order valence-corrected chi connectivity index (χ4v) is 3.35. The van der Waals surface area contributed by atoms with Crippen molar-refractivity contribution in [1.82, 2.24) is 4.90 Å². The number of hydrogen-bond acceptors (Lipinski definition) is 4. The second-order valence-electron chi connectivity index (χ2n) is 5.78. The average molecular weight is 350 g/mol. The third-order valence-electron chi connectivity index (χ3n) is 4.26. The maximum absolute atomic E-state index is 9.93. The Bertz CT molecular complexity index is 701. The van der Waals surface area contributed by atoms with Gasteiger partial charge in [0.2, 0.25) is 0 Å². The molecule has 0 radical (unpaired) electrons. The molecule has 1 aliphatic rings. The van der Waals surface area contributed by atoms with Gasteiger partial charge in [-0.3, -0.25) is 0 Å². The molecule has 24 heavy (non-hydrogen) atoms. The van der Waals surface area contributed by atoms with Crippen molar-refractivity contribution in [3.05, 3.63) is 52.0 Å². The largest absolute Gasteiger partial charge is 0.508 e. The van der Waals surface area contributed by atoms with E-state index >= 15 is 0 Å². The van der Waals surface area contributed by atoms with Crippen LogP contribution in [0.5, 0.6) is 17.2 Å². The minimum absolute atomic E-state index is 0.0205. The molecule has 0 spiro atoms. The standard InChI is InChI=1S/C17H18ClNO3.C2H6/c1-19-7-6-12-13(8-15(21)17(22)16(12)18)14(9-19)10-2-4-11(20)5-3-10;1-2/h2-5,8,14,20-22H,6-7,9H2,1H3;1-2H3. The van der Waals surface area contributed by atoms with Gasteiger partial charge in [0, 0.05) is 19.0 Å². The van der Waals surface area contributed by atoms with Gasteiger partial charge in [-0.05, 0) is 48.4 Å². The highest BCUT2D eigenvalue weighted by molar-refractivity contribution is 6.33. The van der Waals surface area contributed by atoms with Crippen molar-refractivity contribution in [2.75, 3.05) is 20.1 Å². The van der Waals surface area contributed by atoms with Crippen LogP contribution in [-0.2, 0) is 6.42 Å². The molecule has 1 unspecified atom stereocenters. The zero-order valence-electron chi connectivity index (χ0n) is 14.3. The molecule has 2 aromatic carbocycles. The monoisotopic (exact) mass is 349 g/mol. The zero-order chi connectivity index (χ0) is 17.9. The van der Waals surface area contributed by atoms with E-state index in [0.29, 0.717) is 6.42 Å². The number of benzene rings is 2. The normalized spacial score (nSPS) is 17.4. The number of likely N-dealkylation sites (N-methyl/N-ethyl adjacent to an activating group) is 1. The van der Waals surface area contributed by atoms with Gasteiger partial charge in [0.15, 0.2) is 11.5 Å². The summed E-state index contributed by atoms with van der Waals surface area (Å²) in [7, 11) is 2.03. The lowest BCUT2D eigenvalue weighted by Crippen LogP contribution is -2.24. The summed E-state index contributed by atoms with van der Waals surface area (Å²) in [5.74, 6) is -0.212. The Hall–Kier alpha value is -1.91. The minimum Gasteiger partial charge on any atom is -0.508 e. The summed E-state index contributed by atoms with van der Waals surface area (Å²) in [6, 6.07) is 8.66. The molecule has 0 saturated heterocycles. The van der Waals surface area contributed by atoms with Crippen molar-refractivity contribution in [1.29, 1.82) is 0 Å². The van der Waals surface area contributed by atoms with Gasteiger partial charge in [0.25, 0.3) is 0 Å². The van der Waals surface area contributed by atoms with Crippen LogP contribution < -0.4 is 0 Å². The van der Waals surface area contributed by atoms with E-state index in [9.17, 15) is 15.3 Å². The molecule has 2 aromatic rings. The molecule has 0 aliphatic carbocycles. The first kappa shape index (κ1) is 18.4. The van der Waals surface area contributed by atoms with Gasteiger partial charge in [-0.1, -0.05) is 37.6 Å². The number of hydrogen-bond donors (Lipinski definition) is 3. The summed E-state index contributed by atoms with van der Waals surface area (Å²) in [5, 5.41) is 29.5. The first-order chi connectivity index (χ1) is 11.5. The van der Waals surface area contributed by atoms with Crippen molar-refractivity contribution in [2.45, 2.75) is 26.2 Å². The Kier molecular flexibility index (Phi) is 5.97. The van der Waals surface area contributed by atoms with Gasteiger partial charge in [-0.25, -0.2) is 0 Å². The molecule has 130 valence electrons. The van der Waals surface area contributed by atoms with Crippen LogP contribution >= 0.6 is 11.6 Å². The van der Waals surface area contributed by atoms with Gasteiger partial charge < -0.3 is 20.2 Å². The van der Waals surface area contributed by atoms with Crippen LogP contribution in [0.4, 0.5) is 0 Å². The Balaban J connectivity index is 0.00000100. The minimum atomic E-state index is -0.255. The fourth-order valence-electron chi connectivity index (χ4n) is 3.05. The maximum atomic E-state index is 9.93. The molecule has 0 aromatic heterocycles. The summed E-state index contributed by atoms with van der Waals surface area (Å²) >= 11 is 6.25. The number of fused-ring (bicyclic) bond motifs is 1. The second-order valence-corrected chi connectivity index (χ2v) is 6.16. The lowest BCUT2D eigenvalue weighted by Gasteiger charge is -2.22. The SMILES string of the molecule is CC.CN1CCc2c(cc(O)c(O)c2Cl)C(c2ccc(O)cc2)C1. The highest BCUT2D eigenvalue weighted by Crippen LogP contribution is 2.43. The second kappa shape index (κ2) is 7.77. The third kappa shape index (κ3) is 3.60. The van der Waals surface area contributed by atoms with Gasteiger partial charge in [0.1, 0.15) is 5.75 Å². The van der Waals surface area contributed by atoms with Gasteiger partial charge in [-0.15, -0.1) is 0 Å². The smallest absolute Gasteiger partial charge is 0.176 e. The highest BCUT2D eigenvalue weighted by atomic mass is 35.5. The van der Waals surface area contributed by atoms with Crippen molar-refractivity contribution >= 4 is 11.6 Å². The summed E-state index contributed by atoms with van der Waals surface area (Å²) in [6.07, 6.45) is 0.715. The van der Waals surface area contributed by atoms with Crippen LogP contribution in [0.3, 0.4) is 0 Å². The van der Waals surface area contributed by atoms with E-state index in [2.05, 4.69) is 4.90 Å². The quantitative estimate of drug-likeness (QED) is 0.678. The molecule has 5 heteroatoms. The Morgan fingerprint density at radius 2 is 1.71 bits per heavy atom. The molecule has 3 N–H and O–H groups in total. The lowest BCUT2D eigenvalue weighted by atomic mass is 9.87. The zero-order valence-corrected chi connectivity index (χ0v) is 15.0. The predicted octanol–water partition coefficient (Wildman–Crippen LogP) is 4.10. The summed E-state index contributed by atoms with van der Waals surface area (Å²) < 4.78 is 0. The maximum Gasteiger partial charge on any atom is 0.176 e. The molecular weight excluding hydrogens is 326 g/mol. The lowest BCUT2D eigenvalue weighted by molar-refractivity contribution is 0.338. The van der Waals surface area contributed by atoms with E-state index in [4.69, 9.17) is 11.6 Å². The van der Waals surface area contributed by atoms with Crippen LogP contribution in [-0.4, -0.2) is 40.4 Å². The van der Waals surface area contributed by atoms with E-state index in [0.717, 1.165) is 29.8 Å². The summed E-state index contributed by atoms with van der Waals surface area (Å²) in [4.78, 5) is 2.20. The first-order valence-electron chi connectivity index (χ1n) is 8.18. The third-order valence-corrected chi connectivity index (χ3v) is 4.67. The van der Waals surface area contributed by atoms with Gasteiger partial charge >= 0.3 is 0 Å². The number of aromatic hydroxyl groups is 3. The fraction of sp³-hybridized carbons (Fsp3) is 0.368. The summed E-state index contributed by atoms with van der Waals surface area (Å²) in [6.45, 7) is 5.60. The number of phenolic OH excluding ortho intramolecular Hbond substituents is 3. The van der Waals surface area contributed by atoms with Gasteiger partial charge in [0.05, 0.1) is 5.02 Å². The van der Waals surface area contributed by atoms with E-state index in [1.807, 2.05) is 33.0 Å². The van der Waals surface area contributed by atoms with Crippen LogP contribution in [0.25, 0.3) is 0 Å². The topological polar surface area (TPSA) is 63.9 Å². The number of rotatable bonds is 1. The number of phenols is 3. The van der Waals surface area contributed by atoms with Crippen molar-refractivity contribution in [3.8, 4) is 17.2 Å². The van der Waals surface area contributed by atoms with Crippen LogP contribution in [0, 0.1) is 0 Å². The first-order valence-corrected chi connectivity index (χ1v) is 8.56. The molecule has 3 rings (SSSR count). The Labute approximate surface area is 147 Å². The molecule has 1 atom stereocenters. The number of nitrogens with zero attached hydrogens (tertiary/aromatic N) is 1. The molecule has 0 saturated carbocycles. The van der Waals surface area contributed by atoms with Crippen LogP contribution in [0.1, 0.15) is 36.5 Å². The van der Waals surface area contributed by atoms with Crippen molar-refractivity contribution in [2.24, 2.45) is 0 Å². The Morgan fingerprint density at radius 1 is 1.08 bits per heavy atom. The van der Waals surface area contributed by atoms with Crippen LogP contribution in [0.15, 0.2) is 30.3 Å². The predicted molar refractivity (Wildman–Crippen MR) is 97.3 cm³/mol. The Morgan fingerprint density at radius 3 is 2.33 bits per heavy atom. The molecule has 1 aliphatic heterocycles.